The fraction of sp³-hybridized carbons (Fsp3) is 0.0625. The summed E-state index contributed by atoms with van der Waals surface area (Å²) in [5.74, 6) is -1.58. The molecule has 0 bridgehead atoms. The molecule has 44 heavy (non-hydrogen) atoms. The van der Waals surface area contributed by atoms with Crippen LogP contribution in [0.2, 0.25) is 15.1 Å². The molecule has 1 saturated heterocycles. The van der Waals surface area contributed by atoms with Crippen molar-refractivity contribution in [1.29, 1.82) is 0 Å². The summed E-state index contributed by atoms with van der Waals surface area (Å²) in [5, 5.41) is 5.71. The molecule has 0 unspecified atom stereocenters. The summed E-state index contributed by atoms with van der Waals surface area (Å²) >= 11 is 18.1. The highest BCUT2D eigenvalue weighted by atomic mass is 35.5. The second-order valence-electron chi connectivity index (χ2n) is 9.37. The number of carbonyl (C=O) groups excluding carboxylic acids is 4. The van der Waals surface area contributed by atoms with Crippen LogP contribution in [-0.2, 0) is 21.0 Å². The molecule has 0 saturated carbocycles. The fourth-order valence-corrected chi connectivity index (χ4v) is 4.64. The molecule has 0 aliphatic carbocycles. The van der Waals surface area contributed by atoms with Crippen LogP contribution in [-0.4, -0.2) is 30.4 Å². The third-order valence-electron chi connectivity index (χ3n) is 6.28. The van der Waals surface area contributed by atoms with Crippen LogP contribution in [0.5, 0.6) is 11.5 Å². The van der Waals surface area contributed by atoms with Crippen LogP contribution in [0.4, 0.5) is 16.2 Å². The van der Waals surface area contributed by atoms with Crippen molar-refractivity contribution in [2.45, 2.75) is 6.61 Å². The minimum absolute atomic E-state index is 0.162. The quantitative estimate of drug-likeness (QED) is 0.150. The van der Waals surface area contributed by atoms with Gasteiger partial charge in [-0.15, -0.1) is 0 Å². The Labute approximate surface area is 266 Å². The van der Waals surface area contributed by atoms with Gasteiger partial charge in [0.2, 0.25) is 0 Å². The lowest BCUT2D eigenvalue weighted by Crippen LogP contribution is -2.54. The summed E-state index contributed by atoms with van der Waals surface area (Å²) < 4.78 is 11.5. The molecule has 12 heteroatoms. The Morgan fingerprint density at radius 1 is 0.841 bits per heavy atom. The van der Waals surface area contributed by atoms with Gasteiger partial charge in [0.25, 0.3) is 17.7 Å². The van der Waals surface area contributed by atoms with E-state index < -0.39 is 30.4 Å². The van der Waals surface area contributed by atoms with Gasteiger partial charge in [0.15, 0.2) is 6.61 Å². The summed E-state index contributed by atoms with van der Waals surface area (Å²) in [6.07, 6.45) is 1.24. The van der Waals surface area contributed by atoms with Crippen LogP contribution < -0.4 is 25.0 Å². The van der Waals surface area contributed by atoms with Gasteiger partial charge in [0, 0.05) is 16.3 Å². The number of carbonyl (C=O) groups is 4. The van der Waals surface area contributed by atoms with E-state index in [4.69, 9.17) is 44.3 Å². The number of nitrogens with zero attached hydrogens (tertiary/aromatic N) is 1. The number of hydrogen-bond acceptors (Lipinski definition) is 6. The SMILES string of the molecule is O=C(COc1ccc(Cl)cc1/C=C1/C(=O)NC(=O)N(c2ccc(OCc3ccccc3)cc2)C1=O)Nc1ccc(Cl)c(Cl)c1. The first-order valence-corrected chi connectivity index (χ1v) is 14.2. The first-order chi connectivity index (χ1) is 21.2. The molecular formula is C32H22Cl3N3O6. The van der Waals surface area contributed by atoms with Gasteiger partial charge in [-0.2, -0.15) is 0 Å². The summed E-state index contributed by atoms with van der Waals surface area (Å²) in [4.78, 5) is 52.3. The number of ether oxygens (including phenoxy) is 2. The van der Waals surface area contributed by atoms with Crippen LogP contribution >= 0.6 is 34.8 Å². The molecule has 0 radical (unpaired) electrons. The lowest BCUT2D eigenvalue weighted by Gasteiger charge is -2.26. The van der Waals surface area contributed by atoms with E-state index in [9.17, 15) is 19.2 Å². The molecule has 1 aliphatic heterocycles. The number of benzene rings is 4. The van der Waals surface area contributed by atoms with E-state index in [0.717, 1.165) is 10.5 Å². The lowest BCUT2D eigenvalue weighted by atomic mass is 10.1. The number of imide groups is 2. The molecule has 4 aromatic carbocycles. The Balaban J connectivity index is 1.31. The van der Waals surface area contributed by atoms with Crippen molar-refractivity contribution < 1.29 is 28.7 Å². The van der Waals surface area contributed by atoms with Crippen molar-refractivity contribution in [3.63, 3.8) is 0 Å². The summed E-state index contributed by atoms with van der Waals surface area (Å²) in [6, 6.07) is 24.1. The van der Waals surface area contributed by atoms with E-state index in [1.54, 1.807) is 18.2 Å². The predicted molar refractivity (Wildman–Crippen MR) is 168 cm³/mol. The summed E-state index contributed by atoms with van der Waals surface area (Å²) in [7, 11) is 0. The van der Waals surface area contributed by atoms with E-state index in [1.165, 1.54) is 48.5 Å². The second kappa shape index (κ2) is 13.6. The van der Waals surface area contributed by atoms with Crippen molar-refractivity contribution in [2.24, 2.45) is 0 Å². The normalized spacial score (nSPS) is 13.9. The first kappa shape index (κ1) is 30.6. The third-order valence-corrected chi connectivity index (χ3v) is 7.25. The molecule has 1 fully saturated rings. The average molecular weight is 651 g/mol. The summed E-state index contributed by atoms with van der Waals surface area (Å²) in [6.45, 7) is -0.0760. The van der Waals surface area contributed by atoms with Gasteiger partial charge in [0.1, 0.15) is 23.7 Å². The number of anilines is 2. The fourth-order valence-electron chi connectivity index (χ4n) is 4.16. The van der Waals surface area contributed by atoms with Crippen LogP contribution in [0.3, 0.4) is 0 Å². The molecule has 0 atom stereocenters. The topological polar surface area (TPSA) is 114 Å². The van der Waals surface area contributed by atoms with Crippen LogP contribution in [0, 0.1) is 0 Å². The van der Waals surface area contributed by atoms with Gasteiger partial charge in [0.05, 0.1) is 15.7 Å². The number of urea groups is 1. The Hall–Kier alpha value is -4.83. The standard InChI is InChI=1S/C32H22Cl3N3O6/c33-21-6-13-28(44-18-29(39)36-22-7-12-26(34)27(35)16-22)20(14-21)15-25-30(40)37-32(42)38(31(25)41)23-8-10-24(11-9-23)43-17-19-4-2-1-3-5-19/h1-16H,17-18H2,(H,36,39)(H,37,40,42)/b25-15-. The third kappa shape index (κ3) is 7.38. The van der Waals surface area contributed by atoms with Gasteiger partial charge < -0.3 is 14.8 Å². The molecule has 2 N–H and O–H groups in total. The van der Waals surface area contributed by atoms with E-state index in [-0.39, 0.29) is 32.6 Å². The second-order valence-corrected chi connectivity index (χ2v) is 10.6. The zero-order valence-electron chi connectivity index (χ0n) is 22.7. The van der Waals surface area contributed by atoms with E-state index in [2.05, 4.69) is 10.6 Å². The van der Waals surface area contributed by atoms with E-state index in [1.807, 2.05) is 30.3 Å². The minimum Gasteiger partial charge on any atom is -0.489 e. The van der Waals surface area contributed by atoms with Crippen LogP contribution in [0.15, 0.2) is 96.6 Å². The Bertz CT molecular complexity index is 1780. The highest BCUT2D eigenvalue weighted by molar-refractivity contribution is 6.42. The molecule has 1 heterocycles. The van der Waals surface area contributed by atoms with E-state index in [0.29, 0.717) is 23.1 Å². The summed E-state index contributed by atoms with van der Waals surface area (Å²) in [5.41, 5.74) is 1.50. The van der Waals surface area contributed by atoms with Crippen molar-refractivity contribution in [3.05, 3.63) is 123 Å². The smallest absolute Gasteiger partial charge is 0.335 e. The number of halogens is 3. The van der Waals surface area contributed by atoms with Gasteiger partial charge in [-0.05, 0) is 72.3 Å². The molecule has 1 aliphatic rings. The number of rotatable bonds is 9. The number of hydrogen-bond donors (Lipinski definition) is 2. The van der Waals surface area contributed by atoms with Crippen molar-refractivity contribution in [2.75, 3.05) is 16.8 Å². The molecule has 5 rings (SSSR count). The maximum absolute atomic E-state index is 13.5. The Kier molecular flexibility index (Phi) is 9.50. The number of amides is 5. The zero-order chi connectivity index (χ0) is 31.2. The Morgan fingerprint density at radius 3 is 2.32 bits per heavy atom. The maximum atomic E-state index is 13.5. The molecular weight excluding hydrogens is 629 g/mol. The Morgan fingerprint density at radius 2 is 1.59 bits per heavy atom. The zero-order valence-corrected chi connectivity index (χ0v) is 25.0. The molecule has 9 nitrogen and oxygen atoms in total. The van der Waals surface area contributed by atoms with Gasteiger partial charge >= 0.3 is 6.03 Å². The maximum Gasteiger partial charge on any atom is 0.335 e. The van der Waals surface area contributed by atoms with Gasteiger partial charge in [-0.3, -0.25) is 19.7 Å². The highest BCUT2D eigenvalue weighted by Crippen LogP contribution is 2.29. The monoisotopic (exact) mass is 649 g/mol. The van der Waals surface area contributed by atoms with Crippen LogP contribution in [0.1, 0.15) is 11.1 Å². The van der Waals surface area contributed by atoms with Crippen molar-refractivity contribution in [3.8, 4) is 11.5 Å². The van der Waals surface area contributed by atoms with Gasteiger partial charge in [-0.25, -0.2) is 9.69 Å². The average Bonchev–Trinajstić information content (AvgIpc) is 3.00. The van der Waals surface area contributed by atoms with Crippen molar-refractivity contribution in [1.82, 2.24) is 5.32 Å². The lowest BCUT2D eigenvalue weighted by molar-refractivity contribution is -0.122. The molecule has 4 aromatic rings. The molecule has 0 spiro atoms. The van der Waals surface area contributed by atoms with Crippen molar-refractivity contribution >= 4 is 76.0 Å². The number of barbiturate groups is 1. The first-order valence-electron chi connectivity index (χ1n) is 13.0. The molecule has 222 valence electrons. The van der Waals surface area contributed by atoms with Gasteiger partial charge in [-0.1, -0.05) is 65.1 Å². The molecule has 0 aromatic heterocycles. The number of nitrogens with one attached hydrogen (secondary N) is 2. The van der Waals surface area contributed by atoms with Crippen LogP contribution in [0.25, 0.3) is 6.08 Å². The highest BCUT2D eigenvalue weighted by Gasteiger charge is 2.37. The minimum atomic E-state index is -0.906. The van der Waals surface area contributed by atoms with E-state index >= 15 is 0 Å². The largest absolute Gasteiger partial charge is 0.489 e. The predicted octanol–water partition coefficient (Wildman–Crippen LogP) is 6.91. The molecule has 5 amide bonds.